The molecular formula is C12H21N3S. The van der Waals surface area contributed by atoms with Crippen LogP contribution in [0.5, 0.6) is 0 Å². The third kappa shape index (κ3) is 2.37. The summed E-state index contributed by atoms with van der Waals surface area (Å²) >= 11 is 5.28. The standard InChI is InChI=1S/C12H21N3S/c1-8(12(2,3)4)7-10-13-14-11(16)15(10)9-5-6-9/h8-9H,5-7H2,1-4H3,(H,14,16). The molecule has 0 aliphatic heterocycles. The molecule has 0 bridgehead atoms. The molecule has 1 fully saturated rings. The maximum Gasteiger partial charge on any atom is 0.195 e. The molecule has 0 spiro atoms. The second-order valence-corrected chi connectivity index (χ2v) is 6.40. The minimum atomic E-state index is 0.321. The molecule has 3 nitrogen and oxygen atoms in total. The van der Waals surface area contributed by atoms with Crippen LogP contribution >= 0.6 is 12.2 Å². The first kappa shape index (κ1) is 11.8. The van der Waals surface area contributed by atoms with E-state index >= 15 is 0 Å². The first-order chi connectivity index (χ1) is 7.39. The Morgan fingerprint density at radius 2 is 2.12 bits per heavy atom. The molecule has 1 saturated carbocycles. The van der Waals surface area contributed by atoms with Gasteiger partial charge in [-0.05, 0) is 36.4 Å². The first-order valence-corrected chi connectivity index (χ1v) is 6.46. The van der Waals surface area contributed by atoms with E-state index in [1.54, 1.807) is 0 Å². The Hall–Kier alpha value is -0.640. The third-order valence-corrected chi connectivity index (χ3v) is 3.94. The van der Waals surface area contributed by atoms with Gasteiger partial charge in [0, 0.05) is 12.5 Å². The summed E-state index contributed by atoms with van der Waals surface area (Å²) in [5, 5.41) is 7.31. The second-order valence-electron chi connectivity index (χ2n) is 6.02. The zero-order chi connectivity index (χ0) is 11.9. The van der Waals surface area contributed by atoms with Crippen LogP contribution in [-0.2, 0) is 6.42 Å². The monoisotopic (exact) mass is 239 g/mol. The Kier molecular flexibility index (Phi) is 2.95. The van der Waals surface area contributed by atoms with Crippen LogP contribution < -0.4 is 0 Å². The number of rotatable bonds is 3. The van der Waals surface area contributed by atoms with Crippen LogP contribution in [0.25, 0.3) is 0 Å². The number of aromatic nitrogens is 3. The number of nitrogens with zero attached hydrogens (tertiary/aromatic N) is 2. The van der Waals surface area contributed by atoms with E-state index in [2.05, 4.69) is 42.5 Å². The number of hydrogen-bond donors (Lipinski definition) is 1. The summed E-state index contributed by atoms with van der Waals surface area (Å²) in [4.78, 5) is 0. The summed E-state index contributed by atoms with van der Waals surface area (Å²) < 4.78 is 3.01. The molecule has 1 unspecified atom stereocenters. The molecule has 2 rings (SSSR count). The molecule has 1 aliphatic rings. The minimum absolute atomic E-state index is 0.321. The molecule has 16 heavy (non-hydrogen) atoms. The minimum Gasteiger partial charge on any atom is -0.301 e. The van der Waals surface area contributed by atoms with Gasteiger partial charge in [-0.1, -0.05) is 27.7 Å². The van der Waals surface area contributed by atoms with E-state index in [-0.39, 0.29) is 0 Å². The van der Waals surface area contributed by atoms with Gasteiger partial charge < -0.3 is 4.57 Å². The molecule has 1 N–H and O–H groups in total. The van der Waals surface area contributed by atoms with Crippen molar-refractivity contribution in [1.29, 1.82) is 0 Å². The van der Waals surface area contributed by atoms with Gasteiger partial charge in [0.25, 0.3) is 0 Å². The molecule has 0 amide bonds. The van der Waals surface area contributed by atoms with Crippen LogP contribution in [0.4, 0.5) is 0 Å². The number of hydrogen-bond acceptors (Lipinski definition) is 2. The van der Waals surface area contributed by atoms with E-state index < -0.39 is 0 Å². The van der Waals surface area contributed by atoms with Gasteiger partial charge in [0.2, 0.25) is 0 Å². The summed E-state index contributed by atoms with van der Waals surface area (Å²) in [6, 6.07) is 0.619. The third-order valence-electron chi connectivity index (χ3n) is 3.66. The number of aromatic amines is 1. The van der Waals surface area contributed by atoms with Crippen LogP contribution in [0.3, 0.4) is 0 Å². The molecule has 90 valence electrons. The van der Waals surface area contributed by atoms with Gasteiger partial charge in [0.05, 0.1) is 0 Å². The Morgan fingerprint density at radius 1 is 1.50 bits per heavy atom. The van der Waals surface area contributed by atoms with Crippen molar-refractivity contribution in [1.82, 2.24) is 14.8 Å². The van der Waals surface area contributed by atoms with Crippen molar-refractivity contribution in [2.45, 2.75) is 53.0 Å². The van der Waals surface area contributed by atoms with Crippen molar-refractivity contribution in [3.8, 4) is 0 Å². The van der Waals surface area contributed by atoms with E-state index in [0.29, 0.717) is 17.4 Å². The van der Waals surface area contributed by atoms with E-state index in [1.165, 1.54) is 12.8 Å². The highest BCUT2D eigenvalue weighted by atomic mass is 32.1. The van der Waals surface area contributed by atoms with E-state index in [1.807, 2.05) is 0 Å². The largest absolute Gasteiger partial charge is 0.301 e. The highest BCUT2D eigenvalue weighted by Crippen LogP contribution is 2.37. The molecule has 0 aromatic carbocycles. The predicted octanol–water partition coefficient (Wildman–Crippen LogP) is 3.50. The lowest BCUT2D eigenvalue weighted by Gasteiger charge is -2.26. The molecular weight excluding hydrogens is 218 g/mol. The maximum atomic E-state index is 5.28. The summed E-state index contributed by atoms with van der Waals surface area (Å²) in [6.45, 7) is 9.12. The lowest BCUT2D eigenvalue weighted by atomic mass is 9.80. The predicted molar refractivity (Wildman–Crippen MR) is 68.0 cm³/mol. The fourth-order valence-electron chi connectivity index (χ4n) is 1.77. The van der Waals surface area contributed by atoms with Crippen molar-refractivity contribution in [2.75, 3.05) is 0 Å². The SMILES string of the molecule is CC(Cc1n[nH]c(=S)n1C1CC1)C(C)(C)C. The van der Waals surface area contributed by atoms with Crippen molar-refractivity contribution in [3.63, 3.8) is 0 Å². The average Bonchev–Trinajstić information content (AvgIpc) is 2.92. The lowest BCUT2D eigenvalue weighted by molar-refractivity contribution is 0.254. The molecule has 1 aromatic heterocycles. The van der Waals surface area contributed by atoms with Gasteiger partial charge in [0.15, 0.2) is 4.77 Å². The van der Waals surface area contributed by atoms with Gasteiger partial charge in [-0.3, -0.25) is 5.10 Å². The smallest absolute Gasteiger partial charge is 0.195 e. The zero-order valence-corrected chi connectivity index (χ0v) is 11.4. The molecule has 1 aliphatic carbocycles. The molecule has 0 radical (unpaired) electrons. The molecule has 4 heteroatoms. The summed E-state index contributed by atoms with van der Waals surface area (Å²) in [5.41, 5.74) is 0.321. The van der Waals surface area contributed by atoms with Crippen LogP contribution in [-0.4, -0.2) is 14.8 Å². The van der Waals surface area contributed by atoms with Crippen LogP contribution in [0.1, 0.15) is 52.4 Å². The topological polar surface area (TPSA) is 33.6 Å². The number of nitrogens with one attached hydrogen (secondary N) is 1. The quantitative estimate of drug-likeness (QED) is 0.819. The molecule has 0 saturated heterocycles. The van der Waals surface area contributed by atoms with Gasteiger partial charge in [-0.2, -0.15) is 5.10 Å². The lowest BCUT2D eigenvalue weighted by Crippen LogP contribution is -2.21. The zero-order valence-electron chi connectivity index (χ0n) is 10.6. The van der Waals surface area contributed by atoms with Gasteiger partial charge in [0.1, 0.15) is 5.82 Å². The van der Waals surface area contributed by atoms with Crippen molar-refractivity contribution in [3.05, 3.63) is 10.6 Å². The Labute approximate surface area is 102 Å². The van der Waals surface area contributed by atoms with Crippen LogP contribution in [0, 0.1) is 16.1 Å². The van der Waals surface area contributed by atoms with E-state index in [4.69, 9.17) is 12.2 Å². The number of H-pyrrole nitrogens is 1. The molecule has 1 aromatic rings. The fourth-order valence-corrected chi connectivity index (χ4v) is 2.07. The van der Waals surface area contributed by atoms with Crippen molar-refractivity contribution in [2.24, 2.45) is 11.3 Å². The summed E-state index contributed by atoms with van der Waals surface area (Å²) in [6.07, 6.45) is 3.52. The maximum absolute atomic E-state index is 5.28. The van der Waals surface area contributed by atoms with Crippen LogP contribution in [0.2, 0.25) is 0 Å². The summed E-state index contributed by atoms with van der Waals surface area (Å²) in [7, 11) is 0. The highest BCUT2D eigenvalue weighted by molar-refractivity contribution is 7.71. The van der Waals surface area contributed by atoms with Crippen molar-refractivity contribution < 1.29 is 0 Å². The Bertz CT molecular complexity index is 420. The van der Waals surface area contributed by atoms with Crippen LogP contribution in [0.15, 0.2) is 0 Å². The van der Waals surface area contributed by atoms with Gasteiger partial charge >= 0.3 is 0 Å². The summed E-state index contributed by atoms with van der Waals surface area (Å²) in [5.74, 6) is 1.74. The second kappa shape index (κ2) is 3.99. The Balaban J connectivity index is 2.18. The molecule has 1 atom stereocenters. The average molecular weight is 239 g/mol. The Morgan fingerprint density at radius 3 is 2.62 bits per heavy atom. The van der Waals surface area contributed by atoms with E-state index in [0.717, 1.165) is 17.0 Å². The molecule has 1 heterocycles. The van der Waals surface area contributed by atoms with E-state index in [9.17, 15) is 0 Å². The highest BCUT2D eigenvalue weighted by Gasteiger charge is 2.29. The normalized spacial score (nSPS) is 18.8. The first-order valence-electron chi connectivity index (χ1n) is 6.05. The fraction of sp³-hybridized carbons (Fsp3) is 0.833. The van der Waals surface area contributed by atoms with Gasteiger partial charge in [-0.15, -0.1) is 0 Å². The van der Waals surface area contributed by atoms with Gasteiger partial charge in [-0.25, -0.2) is 0 Å². The van der Waals surface area contributed by atoms with Crippen molar-refractivity contribution >= 4 is 12.2 Å².